The first-order valence-electron chi connectivity index (χ1n) is 6.17. The number of halogens is 1. The molecule has 2 aromatic rings. The van der Waals surface area contributed by atoms with Gasteiger partial charge in [-0.15, -0.1) is 35.1 Å². The van der Waals surface area contributed by atoms with Gasteiger partial charge in [0.1, 0.15) is 11.1 Å². The van der Waals surface area contributed by atoms with Crippen LogP contribution in [0.3, 0.4) is 0 Å². The quantitative estimate of drug-likeness (QED) is 0.935. The number of nitrogen functional groups attached to an aromatic ring is 1. The van der Waals surface area contributed by atoms with Crippen molar-refractivity contribution < 1.29 is 4.74 Å². The molecule has 8 heteroatoms. The molecule has 2 aromatic heterocycles. The maximum Gasteiger partial charge on any atom is 0.180 e. The smallest absolute Gasteiger partial charge is 0.180 e. The second-order valence-electron chi connectivity index (χ2n) is 4.59. The van der Waals surface area contributed by atoms with Crippen LogP contribution in [0.2, 0.25) is 0 Å². The Morgan fingerprint density at radius 1 is 1.55 bits per heavy atom. The van der Waals surface area contributed by atoms with Crippen molar-refractivity contribution in [3.8, 4) is 0 Å². The molecule has 1 aliphatic heterocycles. The van der Waals surface area contributed by atoms with Gasteiger partial charge in [-0.05, 0) is 6.92 Å². The van der Waals surface area contributed by atoms with Crippen LogP contribution in [0.1, 0.15) is 21.7 Å². The number of ether oxygens (including phenoxy) is 1. The third-order valence-electron chi connectivity index (χ3n) is 3.01. The highest BCUT2D eigenvalue weighted by atomic mass is 35.5. The van der Waals surface area contributed by atoms with Crippen molar-refractivity contribution in [2.75, 3.05) is 25.4 Å². The van der Waals surface area contributed by atoms with Gasteiger partial charge in [0, 0.05) is 41.8 Å². The first-order chi connectivity index (χ1) is 9.20. The molecule has 0 aromatic carbocycles. The van der Waals surface area contributed by atoms with Crippen molar-refractivity contribution >= 4 is 40.2 Å². The van der Waals surface area contributed by atoms with E-state index in [9.17, 15) is 0 Å². The molecule has 0 saturated carbocycles. The highest BCUT2D eigenvalue weighted by molar-refractivity contribution is 7.15. The molecule has 1 unspecified atom stereocenters. The Hall–Kier alpha value is -0.730. The van der Waals surface area contributed by atoms with Crippen molar-refractivity contribution in [3.05, 3.63) is 27.2 Å². The van der Waals surface area contributed by atoms with E-state index in [1.807, 2.05) is 13.1 Å². The van der Waals surface area contributed by atoms with E-state index in [1.54, 1.807) is 22.7 Å². The van der Waals surface area contributed by atoms with Gasteiger partial charge in [-0.1, -0.05) is 0 Å². The fraction of sp³-hybridized carbons (Fsp3) is 0.500. The summed E-state index contributed by atoms with van der Waals surface area (Å²) in [5.74, 6) is 0. The minimum atomic E-state index is 0. The average molecular weight is 333 g/mol. The van der Waals surface area contributed by atoms with Crippen molar-refractivity contribution in [2.45, 2.75) is 19.6 Å². The zero-order valence-electron chi connectivity index (χ0n) is 11.1. The van der Waals surface area contributed by atoms with Gasteiger partial charge in [0.2, 0.25) is 0 Å². The number of rotatable bonds is 3. The largest absolute Gasteiger partial charge is 0.375 e. The third kappa shape index (κ3) is 3.67. The minimum Gasteiger partial charge on any atom is -0.375 e. The van der Waals surface area contributed by atoms with E-state index in [1.165, 1.54) is 4.88 Å². The van der Waals surface area contributed by atoms with E-state index < -0.39 is 0 Å². The number of thiazole rings is 2. The maximum atomic E-state index is 5.82. The number of hydrogen-bond acceptors (Lipinski definition) is 7. The van der Waals surface area contributed by atoms with E-state index in [4.69, 9.17) is 10.5 Å². The number of aryl methyl sites for hydroxylation is 1. The lowest BCUT2D eigenvalue weighted by atomic mass is 10.2. The number of anilines is 1. The van der Waals surface area contributed by atoms with Crippen LogP contribution in [0, 0.1) is 6.92 Å². The van der Waals surface area contributed by atoms with E-state index in [0.29, 0.717) is 5.13 Å². The first kappa shape index (κ1) is 15.7. The van der Waals surface area contributed by atoms with Crippen molar-refractivity contribution in [1.82, 2.24) is 14.9 Å². The predicted octanol–water partition coefficient (Wildman–Crippen LogP) is 2.49. The number of nitrogens with two attached hydrogens (primary N) is 1. The van der Waals surface area contributed by atoms with Crippen LogP contribution in [0.5, 0.6) is 0 Å². The molecule has 0 radical (unpaired) electrons. The summed E-state index contributed by atoms with van der Waals surface area (Å²) in [6, 6.07) is 0. The third-order valence-corrected chi connectivity index (χ3v) is 4.88. The van der Waals surface area contributed by atoms with Crippen molar-refractivity contribution in [2.24, 2.45) is 0 Å². The van der Waals surface area contributed by atoms with Crippen LogP contribution in [-0.4, -0.2) is 34.6 Å². The standard InChI is InChI=1S/C12H16N4OS2.ClH/c1-8-7-18-11(15-8)10-6-16(2-3-17-10)5-9-4-14-12(13)19-9;/h4,7,10H,2-3,5-6H2,1H3,(H2,13,14);1H. The monoisotopic (exact) mass is 332 g/mol. The Kier molecular flexibility index (Phi) is 5.34. The molecule has 20 heavy (non-hydrogen) atoms. The van der Waals surface area contributed by atoms with Crippen molar-refractivity contribution in [1.29, 1.82) is 0 Å². The summed E-state index contributed by atoms with van der Waals surface area (Å²) in [6.45, 7) is 5.47. The van der Waals surface area contributed by atoms with Gasteiger partial charge < -0.3 is 10.5 Å². The Morgan fingerprint density at radius 2 is 2.40 bits per heavy atom. The van der Waals surface area contributed by atoms with Gasteiger partial charge >= 0.3 is 0 Å². The highest BCUT2D eigenvalue weighted by Crippen LogP contribution is 2.26. The van der Waals surface area contributed by atoms with E-state index in [0.717, 1.165) is 36.9 Å². The Labute approximate surface area is 132 Å². The molecule has 0 bridgehead atoms. The summed E-state index contributed by atoms with van der Waals surface area (Å²) in [6.07, 6.45) is 1.95. The first-order valence-corrected chi connectivity index (χ1v) is 7.86. The summed E-state index contributed by atoms with van der Waals surface area (Å²) in [7, 11) is 0. The SMILES string of the molecule is Cc1csc(C2CN(Cc3cnc(N)s3)CCO2)n1.Cl. The fourth-order valence-corrected chi connectivity index (χ4v) is 3.69. The van der Waals surface area contributed by atoms with Crippen LogP contribution in [0.15, 0.2) is 11.6 Å². The van der Waals surface area contributed by atoms with Gasteiger partial charge in [-0.2, -0.15) is 0 Å². The molecule has 3 rings (SSSR count). The van der Waals surface area contributed by atoms with Crippen LogP contribution < -0.4 is 5.73 Å². The van der Waals surface area contributed by atoms with Gasteiger partial charge in [-0.3, -0.25) is 4.90 Å². The minimum absolute atomic E-state index is 0. The molecule has 1 aliphatic rings. The molecular weight excluding hydrogens is 316 g/mol. The van der Waals surface area contributed by atoms with E-state index >= 15 is 0 Å². The molecule has 110 valence electrons. The normalized spacial score (nSPS) is 19.8. The van der Waals surface area contributed by atoms with E-state index in [2.05, 4.69) is 20.2 Å². The molecule has 2 N–H and O–H groups in total. The van der Waals surface area contributed by atoms with Gasteiger partial charge in [0.25, 0.3) is 0 Å². The van der Waals surface area contributed by atoms with Gasteiger partial charge in [-0.25, -0.2) is 9.97 Å². The lowest BCUT2D eigenvalue weighted by Gasteiger charge is -2.31. The van der Waals surface area contributed by atoms with Crippen LogP contribution in [-0.2, 0) is 11.3 Å². The molecule has 1 fully saturated rings. The fourth-order valence-electron chi connectivity index (χ4n) is 2.13. The Bertz CT molecular complexity index is 559. The van der Waals surface area contributed by atoms with Crippen LogP contribution >= 0.6 is 35.1 Å². The average Bonchev–Trinajstić information content (AvgIpc) is 2.99. The number of nitrogens with zero attached hydrogens (tertiary/aromatic N) is 3. The molecule has 3 heterocycles. The summed E-state index contributed by atoms with van der Waals surface area (Å²) >= 11 is 3.23. The molecular formula is C12H17ClN4OS2. The maximum absolute atomic E-state index is 5.82. The summed E-state index contributed by atoms with van der Waals surface area (Å²) in [5, 5.41) is 3.78. The Morgan fingerprint density at radius 3 is 3.05 bits per heavy atom. The zero-order chi connectivity index (χ0) is 13.2. The second kappa shape index (κ2) is 6.82. The Balaban J connectivity index is 0.00000147. The lowest BCUT2D eigenvalue weighted by Crippen LogP contribution is -2.37. The van der Waals surface area contributed by atoms with E-state index in [-0.39, 0.29) is 18.5 Å². The van der Waals surface area contributed by atoms with Gasteiger partial charge in [0.05, 0.1) is 6.61 Å². The van der Waals surface area contributed by atoms with Crippen LogP contribution in [0.25, 0.3) is 0 Å². The predicted molar refractivity (Wildman–Crippen MR) is 84.6 cm³/mol. The number of morpholine rings is 1. The summed E-state index contributed by atoms with van der Waals surface area (Å²) in [5.41, 5.74) is 6.73. The number of hydrogen-bond donors (Lipinski definition) is 1. The summed E-state index contributed by atoms with van der Waals surface area (Å²) < 4.78 is 5.82. The second-order valence-corrected chi connectivity index (χ2v) is 6.62. The molecule has 1 saturated heterocycles. The van der Waals surface area contributed by atoms with Crippen LogP contribution in [0.4, 0.5) is 5.13 Å². The highest BCUT2D eigenvalue weighted by Gasteiger charge is 2.24. The van der Waals surface area contributed by atoms with Gasteiger partial charge in [0.15, 0.2) is 5.13 Å². The van der Waals surface area contributed by atoms with Crippen molar-refractivity contribution in [3.63, 3.8) is 0 Å². The zero-order valence-corrected chi connectivity index (χ0v) is 13.6. The summed E-state index contributed by atoms with van der Waals surface area (Å²) in [4.78, 5) is 12.2. The molecule has 5 nitrogen and oxygen atoms in total. The number of aromatic nitrogens is 2. The molecule has 0 spiro atoms. The lowest BCUT2D eigenvalue weighted by molar-refractivity contribution is -0.0327. The molecule has 0 aliphatic carbocycles. The molecule has 0 amide bonds. The molecule has 1 atom stereocenters. The topological polar surface area (TPSA) is 64.3 Å².